The van der Waals surface area contributed by atoms with Crippen molar-refractivity contribution in [3.8, 4) is 11.1 Å². The molecule has 4 heteroatoms. The molecule has 0 aliphatic carbocycles. The summed E-state index contributed by atoms with van der Waals surface area (Å²) < 4.78 is 0. The first-order valence-electron chi connectivity index (χ1n) is 9.65. The zero-order valence-electron chi connectivity index (χ0n) is 16.8. The maximum atomic E-state index is 4.55. The van der Waals surface area contributed by atoms with Gasteiger partial charge in [0.25, 0.3) is 0 Å². The summed E-state index contributed by atoms with van der Waals surface area (Å²) in [5.74, 6) is 0.851. The number of nitrogens with one attached hydrogen (secondary N) is 1. The van der Waals surface area contributed by atoms with Gasteiger partial charge in [-0.2, -0.15) is 0 Å². The molecule has 142 valence electrons. The Kier molecular flexibility index (Phi) is 4.90. The van der Waals surface area contributed by atoms with Crippen molar-refractivity contribution in [2.75, 3.05) is 5.32 Å². The Bertz CT molecular complexity index is 1090. The van der Waals surface area contributed by atoms with Gasteiger partial charge in [-0.05, 0) is 40.7 Å². The average molecular weight is 388 g/mol. The van der Waals surface area contributed by atoms with Crippen molar-refractivity contribution < 1.29 is 0 Å². The van der Waals surface area contributed by atoms with E-state index in [1.807, 2.05) is 0 Å². The molecular weight excluding hydrogens is 362 g/mol. The molecule has 0 unspecified atom stereocenters. The van der Waals surface area contributed by atoms with E-state index in [2.05, 4.69) is 96.9 Å². The number of thiophene rings is 1. The van der Waals surface area contributed by atoms with E-state index in [1.165, 1.54) is 22.3 Å². The Labute approximate surface area is 170 Å². The highest BCUT2D eigenvalue weighted by atomic mass is 32.1. The smallest absolute Gasteiger partial charge is 0.143 e. The molecule has 2 aromatic carbocycles. The van der Waals surface area contributed by atoms with Gasteiger partial charge in [-0.3, -0.25) is 0 Å². The van der Waals surface area contributed by atoms with E-state index in [0.29, 0.717) is 0 Å². The van der Waals surface area contributed by atoms with Gasteiger partial charge in [-0.25, -0.2) is 9.97 Å². The first kappa shape index (κ1) is 18.6. The molecule has 0 radical (unpaired) electrons. The van der Waals surface area contributed by atoms with Crippen LogP contribution in [0.15, 0.2) is 60.2 Å². The number of benzene rings is 2. The molecule has 0 aliphatic heterocycles. The summed E-state index contributed by atoms with van der Waals surface area (Å²) in [6.07, 6.45) is 2.68. The maximum absolute atomic E-state index is 4.55. The van der Waals surface area contributed by atoms with E-state index in [-0.39, 0.29) is 5.41 Å². The number of fused-ring (bicyclic) bond motifs is 1. The fraction of sp³-hybridized carbons (Fsp3) is 0.250. The van der Waals surface area contributed by atoms with Gasteiger partial charge in [0.2, 0.25) is 0 Å². The minimum atomic E-state index is 0.145. The first-order chi connectivity index (χ1) is 13.5. The monoisotopic (exact) mass is 387 g/mol. The molecule has 1 N–H and O–H groups in total. The Morgan fingerprint density at radius 3 is 2.29 bits per heavy atom. The number of hydrogen-bond acceptors (Lipinski definition) is 4. The second-order valence-electron chi connectivity index (χ2n) is 8.05. The third-order valence-electron chi connectivity index (χ3n) is 5.06. The molecule has 0 aliphatic rings. The van der Waals surface area contributed by atoms with Gasteiger partial charge >= 0.3 is 0 Å². The van der Waals surface area contributed by atoms with E-state index in [4.69, 9.17) is 0 Å². The zero-order valence-corrected chi connectivity index (χ0v) is 17.6. The van der Waals surface area contributed by atoms with Crippen molar-refractivity contribution in [1.82, 2.24) is 9.97 Å². The second kappa shape index (κ2) is 7.36. The average Bonchev–Trinajstić information content (AvgIpc) is 3.13. The van der Waals surface area contributed by atoms with Crippen LogP contribution in [0.25, 0.3) is 21.3 Å². The van der Waals surface area contributed by atoms with Crippen molar-refractivity contribution in [3.63, 3.8) is 0 Å². The normalized spacial score (nSPS) is 11.7. The van der Waals surface area contributed by atoms with Gasteiger partial charge in [0, 0.05) is 16.6 Å². The van der Waals surface area contributed by atoms with Gasteiger partial charge in [0.1, 0.15) is 17.0 Å². The molecule has 3 nitrogen and oxygen atoms in total. The van der Waals surface area contributed by atoms with E-state index in [9.17, 15) is 0 Å². The fourth-order valence-electron chi connectivity index (χ4n) is 3.29. The molecule has 0 fully saturated rings. The van der Waals surface area contributed by atoms with E-state index in [1.54, 1.807) is 17.7 Å². The number of nitrogens with zero attached hydrogens (tertiary/aromatic N) is 2. The lowest BCUT2D eigenvalue weighted by atomic mass is 9.87. The molecule has 4 rings (SSSR count). The molecule has 2 aromatic heterocycles. The molecule has 0 bridgehead atoms. The van der Waals surface area contributed by atoms with Crippen LogP contribution >= 0.6 is 11.3 Å². The number of rotatable bonds is 4. The molecule has 28 heavy (non-hydrogen) atoms. The topological polar surface area (TPSA) is 37.8 Å². The van der Waals surface area contributed by atoms with Gasteiger partial charge in [0.05, 0.1) is 5.39 Å². The molecule has 2 heterocycles. The lowest BCUT2D eigenvalue weighted by Crippen LogP contribution is -2.10. The molecule has 0 saturated heterocycles. The first-order valence-corrected chi connectivity index (χ1v) is 10.5. The maximum Gasteiger partial charge on any atom is 0.143 e. The summed E-state index contributed by atoms with van der Waals surface area (Å²) >= 11 is 1.66. The van der Waals surface area contributed by atoms with Crippen LogP contribution in [0.2, 0.25) is 0 Å². The van der Waals surface area contributed by atoms with Crippen LogP contribution in [0.4, 0.5) is 11.5 Å². The van der Waals surface area contributed by atoms with Gasteiger partial charge < -0.3 is 5.32 Å². The van der Waals surface area contributed by atoms with Crippen LogP contribution in [-0.2, 0) is 11.8 Å². The summed E-state index contributed by atoms with van der Waals surface area (Å²) in [4.78, 5) is 10.0. The van der Waals surface area contributed by atoms with Crippen molar-refractivity contribution in [2.24, 2.45) is 0 Å². The molecular formula is C24H25N3S. The number of aromatic nitrogens is 2. The van der Waals surface area contributed by atoms with Crippen LogP contribution in [0, 0.1) is 0 Å². The Morgan fingerprint density at radius 2 is 1.64 bits per heavy atom. The van der Waals surface area contributed by atoms with E-state index >= 15 is 0 Å². The summed E-state index contributed by atoms with van der Waals surface area (Å²) in [6.45, 7) is 8.86. The highest BCUT2D eigenvalue weighted by Crippen LogP contribution is 2.37. The Balaban J connectivity index is 1.72. The largest absolute Gasteiger partial charge is 0.340 e. The van der Waals surface area contributed by atoms with Crippen LogP contribution in [-0.4, -0.2) is 9.97 Å². The van der Waals surface area contributed by atoms with E-state index in [0.717, 1.165) is 28.1 Å². The number of hydrogen-bond donors (Lipinski definition) is 1. The SMILES string of the molecule is CCc1ccc(-c2csc3ncnc(Nc4ccc(C(C)(C)C)cc4)c23)cc1. The molecule has 0 amide bonds. The third kappa shape index (κ3) is 3.65. The predicted octanol–water partition coefficient (Wildman–Crippen LogP) is 6.96. The minimum Gasteiger partial charge on any atom is -0.340 e. The lowest BCUT2D eigenvalue weighted by molar-refractivity contribution is 0.590. The zero-order chi connectivity index (χ0) is 19.7. The summed E-state index contributed by atoms with van der Waals surface area (Å²) in [5, 5.41) is 6.75. The van der Waals surface area contributed by atoms with Crippen molar-refractivity contribution >= 4 is 33.1 Å². The van der Waals surface area contributed by atoms with Crippen molar-refractivity contribution in [1.29, 1.82) is 0 Å². The molecule has 0 atom stereocenters. The lowest BCUT2D eigenvalue weighted by Gasteiger charge is -2.19. The molecule has 0 saturated carbocycles. The Hall–Kier alpha value is -2.72. The van der Waals surface area contributed by atoms with Gasteiger partial charge in [0.15, 0.2) is 0 Å². The number of aryl methyl sites for hydroxylation is 1. The third-order valence-corrected chi connectivity index (χ3v) is 5.94. The quantitative estimate of drug-likeness (QED) is 0.411. The predicted molar refractivity (Wildman–Crippen MR) is 121 cm³/mol. The van der Waals surface area contributed by atoms with Gasteiger partial charge in [-0.1, -0.05) is 64.1 Å². The molecule has 4 aromatic rings. The standard InChI is InChI=1S/C24H25N3S/c1-5-16-6-8-17(9-7-16)20-14-28-23-21(20)22(25-15-26-23)27-19-12-10-18(11-13-19)24(2,3)4/h6-15H,5H2,1-4H3,(H,25,26,27). The van der Waals surface area contributed by atoms with Crippen LogP contribution in [0.3, 0.4) is 0 Å². The summed E-state index contributed by atoms with van der Waals surface area (Å²) in [7, 11) is 0. The summed E-state index contributed by atoms with van der Waals surface area (Å²) in [5.41, 5.74) is 6.22. The summed E-state index contributed by atoms with van der Waals surface area (Å²) in [6, 6.07) is 17.4. The van der Waals surface area contributed by atoms with Crippen molar-refractivity contribution in [2.45, 2.75) is 39.5 Å². The fourth-order valence-corrected chi connectivity index (χ4v) is 4.21. The van der Waals surface area contributed by atoms with Crippen LogP contribution in [0.5, 0.6) is 0 Å². The van der Waals surface area contributed by atoms with E-state index < -0.39 is 0 Å². The highest BCUT2D eigenvalue weighted by Gasteiger charge is 2.15. The van der Waals surface area contributed by atoms with Crippen LogP contribution in [0.1, 0.15) is 38.8 Å². The van der Waals surface area contributed by atoms with Gasteiger partial charge in [-0.15, -0.1) is 11.3 Å². The van der Waals surface area contributed by atoms with Crippen molar-refractivity contribution in [3.05, 3.63) is 71.4 Å². The van der Waals surface area contributed by atoms with Crippen LogP contribution < -0.4 is 5.32 Å². The Morgan fingerprint density at radius 1 is 0.929 bits per heavy atom. The second-order valence-corrected chi connectivity index (χ2v) is 8.91. The number of anilines is 2. The minimum absolute atomic E-state index is 0.145. The molecule has 0 spiro atoms. The highest BCUT2D eigenvalue weighted by molar-refractivity contribution is 7.17.